The highest BCUT2D eigenvalue weighted by Crippen LogP contribution is 2.24. The molecule has 0 saturated carbocycles. The molecular weight excluding hydrogens is 200 g/mol. The Labute approximate surface area is 89.6 Å². The lowest BCUT2D eigenvalue weighted by atomic mass is 10.2. The topological polar surface area (TPSA) is 54.0 Å². The van der Waals surface area contributed by atoms with Crippen LogP contribution in [-0.4, -0.2) is 25.2 Å². The first-order chi connectivity index (χ1) is 7.16. The summed E-state index contributed by atoms with van der Waals surface area (Å²) in [5.74, 6) is -0.958. The predicted octanol–water partition coefficient (Wildman–Crippen LogP) is 2.40. The first kappa shape index (κ1) is 12.3. The van der Waals surface area contributed by atoms with Crippen LogP contribution in [0.3, 0.4) is 0 Å². The monoisotopic (exact) mass is 218 g/mol. The minimum absolute atomic E-state index is 0.104. The van der Waals surface area contributed by atoms with Crippen molar-refractivity contribution in [2.45, 2.75) is 45.3 Å². The molecule has 0 aromatic heterocycles. The fourth-order valence-corrected chi connectivity index (χ4v) is 1.21. The number of carbonyl (C=O) groups excluding carboxylic acids is 1. The Bertz CT molecular complexity index is 196. The summed E-state index contributed by atoms with van der Waals surface area (Å²) in [6, 6.07) is 0. The third-order valence-corrected chi connectivity index (χ3v) is 2.08. The minimum Gasteiger partial charge on any atom is -0.388 e. The highest BCUT2D eigenvalue weighted by Gasteiger charge is 2.44. The average Bonchev–Trinajstić information content (AvgIpc) is 2.14. The summed E-state index contributed by atoms with van der Waals surface area (Å²) in [4.78, 5) is 20.2. The number of ether oxygens (including phenoxy) is 2. The molecule has 1 aliphatic heterocycles. The van der Waals surface area contributed by atoms with Crippen LogP contribution >= 0.6 is 0 Å². The first-order valence-corrected chi connectivity index (χ1v) is 5.33. The van der Waals surface area contributed by atoms with E-state index < -0.39 is 11.9 Å². The summed E-state index contributed by atoms with van der Waals surface area (Å²) in [6.07, 6.45) is 3.86. The van der Waals surface area contributed by atoms with E-state index in [9.17, 15) is 4.79 Å². The van der Waals surface area contributed by atoms with E-state index >= 15 is 0 Å². The number of hydrogen-bond acceptors (Lipinski definition) is 5. The van der Waals surface area contributed by atoms with Gasteiger partial charge in [0.2, 0.25) is 0 Å². The first-order valence-electron chi connectivity index (χ1n) is 5.33. The average molecular weight is 218 g/mol. The van der Waals surface area contributed by atoms with Crippen LogP contribution in [0.25, 0.3) is 0 Å². The van der Waals surface area contributed by atoms with Gasteiger partial charge in [0, 0.05) is 6.92 Å². The van der Waals surface area contributed by atoms with Gasteiger partial charge in [-0.1, -0.05) is 26.2 Å². The summed E-state index contributed by atoms with van der Waals surface area (Å²) in [5, 5.41) is 0. The van der Waals surface area contributed by atoms with Gasteiger partial charge in [0.15, 0.2) is 6.61 Å². The predicted molar refractivity (Wildman–Crippen MR) is 52.0 cm³/mol. The van der Waals surface area contributed by atoms with Gasteiger partial charge in [-0.2, -0.15) is 0 Å². The van der Waals surface area contributed by atoms with Crippen LogP contribution in [0.5, 0.6) is 0 Å². The fourth-order valence-electron chi connectivity index (χ4n) is 1.21. The molecule has 1 heterocycles. The van der Waals surface area contributed by atoms with E-state index in [1.54, 1.807) is 6.92 Å². The molecule has 0 radical (unpaired) electrons. The molecule has 88 valence electrons. The summed E-state index contributed by atoms with van der Waals surface area (Å²) < 4.78 is 9.41. The van der Waals surface area contributed by atoms with Crippen LogP contribution in [0.4, 0.5) is 4.79 Å². The van der Waals surface area contributed by atoms with Crippen molar-refractivity contribution in [2.75, 3.05) is 13.2 Å². The van der Waals surface area contributed by atoms with Gasteiger partial charge in [-0.15, -0.1) is 0 Å². The van der Waals surface area contributed by atoms with Gasteiger partial charge in [-0.25, -0.2) is 14.6 Å². The highest BCUT2D eigenvalue weighted by atomic mass is 17.2. The largest absolute Gasteiger partial charge is 0.515 e. The lowest BCUT2D eigenvalue weighted by molar-refractivity contribution is -0.367. The van der Waals surface area contributed by atoms with E-state index in [-0.39, 0.29) is 6.61 Å². The zero-order valence-corrected chi connectivity index (χ0v) is 9.28. The van der Waals surface area contributed by atoms with Gasteiger partial charge in [-0.05, 0) is 6.42 Å². The zero-order chi connectivity index (χ0) is 11.1. The Kier molecular flexibility index (Phi) is 4.84. The van der Waals surface area contributed by atoms with Crippen molar-refractivity contribution in [2.24, 2.45) is 0 Å². The molecule has 0 atom stereocenters. The molecule has 0 amide bonds. The number of rotatable bonds is 8. The van der Waals surface area contributed by atoms with E-state index in [0.29, 0.717) is 6.61 Å². The van der Waals surface area contributed by atoms with Crippen LogP contribution in [0, 0.1) is 0 Å². The molecule has 0 aliphatic carbocycles. The van der Waals surface area contributed by atoms with Gasteiger partial charge in [0.05, 0.1) is 6.61 Å². The third kappa shape index (κ3) is 4.48. The molecule has 0 unspecified atom stereocenters. The molecule has 15 heavy (non-hydrogen) atoms. The Morgan fingerprint density at radius 1 is 1.20 bits per heavy atom. The molecule has 0 bridgehead atoms. The maximum atomic E-state index is 10.4. The molecule has 0 N–H and O–H groups in total. The molecule has 5 heteroatoms. The van der Waals surface area contributed by atoms with Crippen LogP contribution in [-0.2, 0) is 19.2 Å². The lowest BCUT2D eigenvalue weighted by Crippen LogP contribution is -2.51. The molecule has 5 nitrogen and oxygen atoms in total. The molecule has 1 rings (SSSR count). The van der Waals surface area contributed by atoms with Crippen molar-refractivity contribution in [1.82, 2.24) is 0 Å². The summed E-state index contributed by atoms with van der Waals surface area (Å²) in [5.41, 5.74) is 0. The SMILES string of the molecule is CCCCCCOOCC1(C)OC(=O)O1. The molecular formula is C10H18O5. The molecule has 1 fully saturated rings. The second-order valence-corrected chi connectivity index (χ2v) is 3.73. The zero-order valence-electron chi connectivity index (χ0n) is 9.28. The summed E-state index contributed by atoms with van der Waals surface area (Å²) >= 11 is 0. The summed E-state index contributed by atoms with van der Waals surface area (Å²) in [6.45, 7) is 4.44. The molecule has 1 saturated heterocycles. The van der Waals surface area contributed by atoms with Crippen molar-refractivity contribution < 1.29 is 24.0 Å². The van der Waals surface area contributed by atoms with Gasteiger partial charge in [-0.3, -0.25) is 0 Å². The quantitative estimate of drug-likeness (QED) is 0.271. The van der Waals surface area contributed by atoms with Gasteiger partial charge in [0.1, 0.15) is 0 Å². The van der Waals surface area contributed by atoms with Crippen molar-refractivity contribution in [3.63, 3.8) is 0 Å². The van der Waals surface area contributed by atoms with E-state index in [2.05, 4.69) is 6.92 Å². The second-order valence-electron chi connectivity index (χ2n) is 3.73. The van der Waals surface area contributed by atoms with Crippen LogP contribution in [0.1, 0.15) is 39.5 Å². The second kappa shape index (κ2) is 5.92. The smallest absolute Gasteiger partial charge is 0.388 e. The molecule has 1 aliphatic rings. The van der Waals surface area contributed by atoms with Crippen molar-refractivity contribution in [3.8, 4) is 0 Å². The Balaban J connectivity index is 1.87. The van der Waals surface area contributed by atoms with Gasteiger partial charge in [0.25, 0.3) is 5.79 Å². The van der Waals surface area contributed by atoms with E-state index in [1.807, 2.05) is 0 Å². The Hall–Kier alpha value is -0.810. The normalized spacial score (nSPS) is 17.9. The fraction of sp³-hybridized carbons (Fsp3) is 0.900. The maximum absolute atomic E-state index is 10.4. The maximum Gasteiger partial charge on any atom is 0.515 e. The van der Waals surface area contributed by atoms with E-state index in [1.165, 1.54) is 12.8 Å². The standard InChI is InChI=1S/C10H18O5/c1-3-4-5-6-7-12-13-8-10(2)14-9(11)15-10/h3-8H2,1-2H3. The highest BCUT2D eigenvalue weighted by molar-refractivity contribution is 5.65. The van der Waals surface area contributed by atoms with E-state index in [0.717, 1.165) is 12.8 Å². The molecule has 0 aromatic rings. The van der Waals surface area contributed by atoms with Crippen molar-refractivity contribution in [3.05, 3.63) is 0 Å². The number of cyclic esters (lactones) is 2. The number of carbonyl (C=O) groups is 1. The van der Waals surface area contributed by atoms with Crippen molar-refractivity contribution >= 4 is 6.16 Å². The third-order valence-electron chi connectivity index (χ3n) is 2.08. The number of unbranched alkanes of at least 4 members (excludes halogenated alkanes) is 3. The number of hydrogen-bond donors (Lipinski definition) is 0. The Morgan fingerprint density at radius 2 is 1.93 bits per heavy atom. The lowest BCUT2D eigenvalue weighted by Gasteiger charge is -2.35. The Morgan fingerprint density at radius 3 is 2.53 bits per heavy atom. The van der Waals surface area contributed by atoms with Crippen molar-refractivity contribution in [1.29, 1.82) is 0 Å². The summed E-state index contributed by atoms with van der Waals surface area (Å²) in [7, 11) is 0. The van der Waals surface area contributed by atoms with Crippen LogP contribution < -0.4 is 0 Å². The molecule has 0 aromatic carbocycles. The van der Waals surface area contributed by atoms with E-state index in [4.69, 9.17) is 19.2 Å². The molecule has 0 spiro atoms. The van der Waals surface area contributed by atoms with Gasteiger partial charge >= 0.3 is 6.16 Å². The minimum atomic E-state index is -0.958. The van der Waals surface area contributed by atoms with Crippen LogP contribution in [0.2, 0.25) is 0 Å². The van der Waals surface area contributed by atoms with Crippen LogP contribution in [0.15, 0.2) is 0 Å². The van der Waals surface area contributed by atoms with Gasteiger partial charge < -0.3 is 9.47 Å².